The molecule has 0 saturated carbocycles. The van der Waals surface area contributed by atoms with E-state index in [1.54, 1.807) is 11.0 Å². The molecule has 1 amide bonds. The second kappa shape index (κ2) is 6.09. The highest BCUT2D eigenvalue weighted by Crippen LogP contribution is 2.14. The van der Waals surface area contributed by atoms with Crippen molar-refractivity contribution >= 4 is 17.7 Å². The van der Waals surface area contributed by atoms with Crippen molar-refractivity contribution in [3.63, 3.8) is 0 Å². The maximum atomic E-state index is 11.7. The van der Waals surface area contributed by atoms with Gasteiger partial charge in [-0.1, -0.05) is 30.0 Å². The standard InChI is InChI=1S/C14H18N4OS/c1-14(2,3)16-12(19)9-20-13-15-10-18(17-13)11-7-5-4-6-8-11/h4-8,10H,9H2,1-3H3,(H,16,19). The molecule has 0 radical (unpaired) electrons. The van der Waals surface area contributed by atoms with Gasteiger partial charge >= 0.3 is 0 Å². The Hall–Kier alpha value is -1.82. The molecule has 0 aliphatic carbocycles. The summed E-state index contributed by atoms with van der Waals surface area (Å²) in [6.07, 6.45) is 1.65. The lowest BCUT2D eigenvalue weighted by Crippen LogP contribution is -2.41. The molecule has 1 aromatic carbocycles. The summed E-state index contributed by atoms with van der Waals surface area (Å²) in [5.41, 5.74) is 0.736. The smallest absolute Gasteiger partial charge is 0.230 e. The van der Waals surface area contributed by atoms with E-state index in [2.05, 4.69) is 15.4 Å². The van der Waals surface area contributed by atoms with Crippen molar-refractivity contribution in [3.8, 4) is 5.69 Å². The average Bonchev–Trinajstić information content (AvgIpc) is 2.84. The van der Waals surface area contributed by atoms with Crippen LogP contribution in [0, 0.1) is 0 Å². The molecule has 0 atom stereocenters. The molecule has 106 valence electrons. The van der Waals surface area contributed by atoms with Crippen LogP contribution in [0.1, 0.15) is 20.8 Å². The topological polar surface area (TPSA) is 59.8 Å². The highest BCUT2D eigenvalue weighted by atomic mass is 32.2. The monoisotopic (exact) mass is 290 g/mol. The van der Waals surface area contributed by atoms with Gasteiger partial charge in [0.05, 0.1) is 11.4 Å². The number of thioether (sulfide) groups is 1. The van der Waals surface area contributed by atoms with E-state index in [4.69, 9.17) is 0 Å². The summed E-state index contributed by atoms with van der Waals surface area (Å²) in [5.74, 6) is 0.300. The minimum Gasteiger partial charge on any atom is -0.351 e. The fourth-order valence-corrected chi connectivity index (χ4v) is 2.20. The first-order valence-corrected chi connectivity index (χ1v) is 7.33. The Morgan fingerprint density at radius 1 is 1.30 bits per heavy atom. The number of aromatic nitrogens is 3. The van der Waals surface area contributed by atoms with Gasteiger partial charge in [0.2, 0.25) is 11.1 Å². The van der Waals surface area contributed by atoms with E-state index in [0.717, 1.165) is 5.69 Å². The third-order valence-corrected chi connectivity index (χ3v) is 3.19. The first kappa shape index (κ1) is 14.6. The summed E-state index contributed by atoms with van der Waals surface area (Å²) >= 11 is 1.33. The van der Waals surface area contributed by atoms with Gasteiger partial charge in [-0.2, -0.15) is 0 Å². The van der Waals surface area contributed by atoms with Crippen LogP contribution in [-0.4, -0.2) is 32.0 Å². The predicted octanol–water partition coefficient (Wildman–Crippen LogP) is 2.27. The fourth-order valence-electron chi connectivity index (χ4n) is 1.60. The zero-order valence-corrected chi connectivity index (χ0v) is 12.6. The lowest BCUT2D eigenvalue weighted by Gasteiger charge is -2.19. The van der Waals surface area contributed by atoms with Crippen LogP contribution in [0.2, 0.25) is 0 Å². The molecule has 0 fully saturated rings. The van der Waals surface area contributed by atoms with E-state index in [1.807, 2.05) is 51.1 Å². The molecule has 20 heavy (non-hydrogen) atoms. The Bertz CT molecular complexity index is 574. The average molecular weight is 290 g/mol. The number of para-hydroxylation sites is 1. The zero-order valence-electron chi connectivity index (χ0n) is 11.8. The van der Waals surface area contributed by atoms with Crippen molar-refractivity contribution in [2.75, 3.05) is 5.75 Å². The number of rotatable bonds is 4. The summed E-state index contributed by atoms with van der Waals surface area (Å²) < 4.78 is 1.70. The maximum absolute atomic E-state index is 11.7. The van der Waals surface area contributed by atoms with Crippen molar-refractivity contribution < 1.29 is 4.79 Å². The third kappa shape index (κ3) is 4.38. The van der Waals surface area contributed by atoms with Gasteiger partial charge in [0.15, 0.2) is 0 Å². The van der Waals surface area contributed by atoms with Gasteiger partial charge in [-0.3, -0.25) is 4.79 Å². The molecule has 1 aromatic heterocycles. The van der Waals surface area contributed by atoms with Crippen molar-refractivity contribution in [1.29, 1.82) is 0 Å². The predicted molar refractivity (Wildman–Crippen MR) is 80.0 cm³/mol. The van der Waals surface area contributed by atoms with Crippen molar-refractivity contribution in [1.82, 2.24) is 20.1 Å². The number of benzene rings is 1. The summed E-state index contributed by atoms with van der Waals surface area (Å²) in [7, 11) is 0. The van der Waals surface area contributed by atoms with Crippen molar-refractivity contribution in [3.05, 3.63) is 36.7 Å². The van der Waals surface area contributed by atoms with Gasteiger partial charge in [0, 0.05) is 5.54 Å². The van der Waals surface area contributed by atoms with Crippen LogP contribution < -0.4 is 5.32 Å². The van der Waals surface area contributed by atoms with Gasteiger partial charge in [0.1, 0.15) is 6.33 Å². The normalized spacial score (nSPS) is 11.3. The van der Waals surface area contributed by atoms with E-state index in [1.165, 1.54) is 11.8 Å². The second-order valence-corrected chi connectivity index (χ2v) is 6.34. The Morgan fingerprint density at radius 3 is 2.65 bits per heavy atom. The van der Waals surface area contributed by atoms with Crippen LogP contribution in [-0.2, 0) is 4.79 Å². The molecule has 1 N–H and O–H groups in total. The van der Waals surface area contributed by atoms with Crippen LogP contribution in [0.4, 0.5) is 0 Å². The molecule has 5 nitrogen and oxygen atoms in total. The quantitative estimate of drug-likeness (QED) is 0.878. The van der Waals surface area contributed by atoms with Gasteiger partial charge < -0.3 is 5.32 Å². The zero-order chi connectivity index (χ0) is 14.6. The lowest BCUT2D eigenvalue weighted by atomic mass is 10.1. The molecule has 1 heterocycles. The molecule has 0 unspecified atom stereocenters. The molecule has 0 spiro atoms. The van der Waals surface area contributed by atoms with E-state index < -0.39 is 0 Å². The molecule has 2 aromatic rings. The second-order valence-electron chi connectivity index (χ2n) is 5.39. The van der Waals surface area contributed by atoms with Gasteiger partial charge in [-0.05, 0) is 32.9 Å². The van der Waals surface area contributed by atoms with E-state index in [0.29, 0.717) is 10.9 Å². The summed E-state index contributed by atoms with van der Waals surface area (Å²) in [4.78, 5) is 15.9. The van der Waals surface area contributed by atoms with Crippen LogP contribution >= 0.6 is 11.8 Å². The highest BCUT2D eigenvalue weighted by molar-refractivity contribution is 7.99. The Kier molecular flexibility index (Phi) is 4.44. The van der Waals surface area contributed by atoms with Gasteiger partial charge in [-0.15, -0.1) is 5.10 Å². The molecular formula is C14H18N4OS. The first-order chi connectivity index (χ1) is 9.44. The van der Waals surface area contributed by atoms with Crippen LogP contribution in [0.15, 0.2) is 41.8 Å². The minimum absolute atomic E-state index is 0.0152. The number of amides is 1. The Labute approximate surface area is 122 Å². The molecule has 2 rings (SSSR count). The van der Waals surface area contributed by atoms with E-state index in [9.17, 15) is 4.79 Å². The molecule has 0 aliphatic heterocycles. The fraction of sp³-hybridized carbons (Fsp3) is 0.357. The van der Waals surface area contributed by atoms with Crippen LogP contribution in [0.25, 0.3) is 5.69 Å². The van der Waals surface area contributed by atoms with Crippen LogP contribution in [0.3, 0.4) is 0 Å². The Morgan fingerprint density at radius 2 is 2.00 bits per heavy atom. The van der Waals surface area contributed by atoms with Crippen LogP contribution in [0.5, 0.6) is 0 Å². The van der Waals surface area contributed by atoms with E-state index >= 15 is 0 Å². The SMILES string of the molecule is CC(C)(C)NC(=O)CSc1ncn(-c2ccccc2)n1. The van der Waals surface area contributed by atoms with Crippen molar-refractivity contribution in [2.24, 2.45) is 0 Å². The van der Waals surface area contributed by atoms with Gasteiger partial charge in [0.25, 0.3) is 0 Å². The number of hydrogen-bond acceptors (Lipinski definition) is 4. The summed E-state index contributed by atoms with van der Waals surface area (Å²) in [6.45, 7) is 5.87. The van der Waals surface area contributed by atoms with E-state index in [-0.39, 0.29) is 11.4 Å². The number of carbonyl (C=O) groups excluding carboxylic acids is 1. The van der Waals surface area contributed by atoms with Gasteiger partial charge in [-0.25, -0.2) is 9.67 Å². The number of nitrogens with zero attached hydrogens (tertiary/aromatic N) is 3. The Balaban J connectivity index is 1.92. The molecule has 6 heteroatoms. The largest absolute Gasteiger partial charge is 0.351 e. The van der Waals surface area contributed by atoms with Crippen molar-refractivity contribution in [2.45, 2.75) is 31.5 Å². The highest BCUT2D eigenvalue weighted by Gasteiger charge is 2.14. The number of carbonyl (C=O) groups is 1. The summed E-state index contributed by atoms with van der Waals surface area (Å²) in [6, 6.07) is 9.75. The first-order valence-electron chi connectivity index (χ1n) is 6.35. The number of hydrogen-bond donors (Lipinski definition) is 1. The minimum atomic E-state index is -0.214. The number of nitrogens with one attached hydrogen (secondary N) is 1. The third-order valence-electron chi connectivity index (χ3n) is 2.34. The maximum Gasteiger partial charge on any atom is 0.230 e. The summed E-state index contributed by atoms with van der Waals surface area (Å²) in [5, 5.41) is 7.84. The molecular weight excluding hydrogens is 272 g/mol. The molecule has 0 aliphatic rings. The molecule has 0 saturated heterocycles. The lowest BCUT2D eigenvalue weighted by molar-refractivity contribution is -0.119. The molecule has 0 bridgehead atoms.